The molecule has 0 aromatic heterocycles. The first-order chi connectivity index (χ1) is 8.58. The molecule has 4 nitrogen and oxygen atoms in total. The van der Waals surface area contributed by atoms with E-state index in [2.05, 4.69) is 5.32 Å². The zero-order valence-corrected chi connectivity index (χ0v) is 12.0. The van der Waals surface area contributed by atoms with Gasteiger partial charge in [0.2, 0.25) is 5.91 Å². The second-order valence-corrected chi connectivity index (χ2v) is 5.37. The Hall–Kier alpha value is -0.750. The van der Waals surface area contributed by atoms with Gasteiger partial charge >= 0.3 is 0 Å². The fraction of sp³-hybridized carbons (Fsp3) is 0.417. The summed E-state index contributed by atoms with van der Waals surface area (Å²) < 4.78 is 4.85. The summed E-state index contributed by atoms with van der Waals surface area (Å²) in [5, 5.41) is 3.35. The van der Waals surface area contributed by atoms with Crippen molar-refractivity contribution < 1.29 is 9.53 Å². The van der Waals surface area contributed by atoms with Gasteiger partial charge in [-0.1, -0.05) is 18.5 Å². The number of amides is 1. The molecular formula is C12H17ClN2O2S. The molecule has 1 aromatic rings. The summed E-state index contributed by atoms with van der Waals surface area (Å²) in [6.07, 6.45) is 0. The number of carbonyl (C=O) groups is 1. The van der Waals surface area contributed by atoms with E-state index >= 15 is 0 Å². The fourth-order valence-electron chi connectivity index (χ4n) is 1.36. The van der Waals surface area contributed by atoms with Crippen molar-refractivity contribution in [3.63, 3.8) is 0 Å². The van der Waals surface area contributed by atoms with Crippen LogP contribution in [0.2, 0.25) is 5.02 Å². The zero-order chi connectivity index (χ0) is 13.5. The minimum Gasteiger partial charge on any atom is -0.383 e. The number of methoxy groups -OCH3 is 1. The molecule has 0 bridgehead atoms. The van der Waals surface area contributed by atoms with Crippen LogP contribution in [0.5, 0.6) is 0 Å². The molecule has 0 saturated heterocycles. The Morgan fingerprint density at radius 1 is 1.61 bits per heavy atom. The van der Waals surface area contributed by atoms with Crippen molar-refractivity contribution in [2.24, 2.45) is 5.73 Å². The van der Waals surface area contributed by atoms with Crippen LogP contribution in [0.4, 0.5) is 5.69 Å². The van der Waals surface area contributed by atoms with Crippen molar-refractivity contribution >= 4 is 35.0 Å². The third-order valence-corrected chi connectivity index (χ3v) is 3.37. The van der Waals surface area contributed by atoms with Crippen LogP contribution in [-0.2, 0) is 9.53 Å². The molecule has 0 radical (unpaired) electrons. The lowest BCUT2D eigenvalue weighted by atomic mass is 10.2. The van der Waals surface area contributed by atoms with Crippen molar-refractivity contribution in [1.29, 1.82) is 0 Å². The van der Waals surface area contributed by atoms with E-state index in [4.69, 9.17) is 22.1 Å². The summed E-state index contributed by atoms with van der Waals surface area (Å²) in [5.74, 6) is 0.631. The highest BCUT2D eigenvalue weighted by atomic mass is 35.5. The van der Waals surface area contributed by atoms with Crippen molar-refractivity contribution in [2.45, 2.75) is 17.9 Å². The van der Waals surface area contributed by atoms with Gasteiger partial charge in [0.25, 0.3) is 0 Å². The summed E-state index contributed by atoms with van der Waals surface area (Å²) in [6, 6.07) is 4.71. The van der Waals surface area contributed by atoms with Crippen LogP contribution in [0.25, 0.3) is 0 Å². The van der Waals surface area contributed by atoms with Crippen molar-refractivity contribution in [2.75, 3.05) is 24.8 Å². The maximum atomic E-state index is 11.8. The Kier molecular flexibility index (Phi) is 6.49. The predicted molar refractivity (Wildman–Crippen MR) is 76.3 cm³/mol. The molecule has 0 aliphatic heterocycles. The molecule has 1 rings (SSSR count). The van der Waals surface area contributed by atoms with E-state index in [9.17, 15) is 4.79 Å². The smallest absolute Gasteiger partial charge is 0.243 e. The highest BCUT2D eigenvalue weighted by molar-refractivity contribution is 7.99. The summed E-state index contributed by atoms with van der Waals surface area (Å²) >= 11 is 7.56. The topological polar surface area (TPSA) is 64.4 Å². The highest BCUT2D eigenvalue weighted by Gasteiger charge is 2.15. The molecule has 0 heterocycles. The Balaban J connectivity index is 2.81. The van der Waals surface area contributed by atoms with Crippen LogP contribution in [0.1, 0.15) is 6.92 Å². The van der Waals surface area contributed by atoms with E-state index in [0.29, 0.717) is 10.7 Å². The molecule has 3 N–H and O–H groups in total. The van der Waals surface area contributed by atoms with E-state index < -0.39 is 6.04 Å². The van der Waals surface area contributed by atoms with E-state index in [-0.39, 0.29) is 12.5 Å². The van der Waals surface area contributed by atoms with Gasteiger partial charge in [0, 0.05) is 17.0 Å². The number of hydrogen-bond donors (Lipinski definition) is 2. The molecule has 18 heavy (non-hydrogen) atoms. The van der Waals surface area contributed by atoms with Gasteiger partial charge in [-0.15, -0.1) is 11.8 Å². The van der Waals surface area contributed by atoms with Gasteiger partial charge < -0.3 is 15.8 Å². The monoisotopic (exact) mass is 288 g/mol. The summed E-state index contributed by atoms with van der Waals surface area (Å²) in [5.41, 5.74) is 6.35. The Morgan fingerprint density at radius 2 is 2.33 bits per heavy atom. The van der Waals surface area contributed by atoms with Crippen molar-refractivity contribution in [3.05, 3.63) is 23.2 Å². The standard InChI is InChI=1S/C12H17ClN2O2S/c1-3-18-11-5-4-8(13)6-10(11)15-12(16)9(14)7-17-2/h4-6,9H,3,7,14H2,1-2H3,(H,15,16). The quantitative estimate of drug-likeness (QED) is 0.789. The molecule has 6 heteroatoms. The maximum Gasteiger partial charge on any atom is 0.243 e. The van der Waals surface area contributed by atoms with Crippen LogP contribution in [0.3, 0.4) is 0 Å². The molecular weight excluding hydrogens is 272 g/mol. The third kappa shape index (κ3) is 4.49. The number of carbonyl (C=O) groups excluding carboxylic acids is 1. The molecule has 0 spiro atoms. The Morgan fingerprint density at radius 3 is 2.94 bits per heavy atom. The number of nitrogens with two attached hydrogens (primary N) is 1. The van der Waals surface area contributed by atoms with Gasteiger partial charge in [-0.3, -0.25) is 4.79 Å². The molecule has 0 aliphatic rings. The second-order valence-electron chi connectivity index (χ2n) is 3.62. The van der Waals surface area contributed by atoms with E-state index in [0.717, 1.165) is 10.6 Å². The Bertz CT molecular complexity index is 415. The highest BCUT2D eigenvalue weighted by Crippen LogP contribution is 2.29. The minimum atomic E-state index is -0.687. The molecule has 100 valence electrons. The largest absolute Gasteiger partial charge is 0.383 e. The number of nitrogens with one attached hydrogen (secondary N) is 1. The number of halogens is 1. The lowest BCUT2D eigenvalue weighted by Crippen LogP contribution is -2.39. The fourth-order valence-corrected chi connectivity index (χ4v) is 2.27. The van der Waals surface area contributed by atoms with Gasteiger partial charge in [-0.05, 0) is 24.0 Å². The SMILES string of the molecule is CCSc1ccc(Cl)cc1NC(=O)C(N)COC. The van der Waals surface area contributed by atoms with Gasteiger partial charge in [0.05, 0.1) is 12.3 Å². The summed E-state index contributed by atoms with van der Waals surface area (Å²) in [6.45, 7) is 2.23. The molecule has 1 aromatic carbocycles. The van der Waals surface area contributed by atoms with Gasteiger partial charge in [-0.2, -0.15) is 0 Å². The van der Waals surface area contributed by atoms with Crippen molar-refractivity contribution in [1.82, 2.24) is 0 Å². The average molecular weight is 289 g/mol. The predicted octanol–water partition coefficient (Wildman–Crippen LogP) is 2.36. The lowest BCUT2D eigenvalue weighted by molar-refractivity contribution is -0.118. The first-order valence-electron chi connectivity index (χ1n) is 5.56. The molecule has 1 atom stereocenters. The number of anilines is 1. The zero-order valence-electron chi connectivity index (χ0n) is 10.4. The number of thioether (sulfide) groups is 1. The lowest BCUT2D eigenvalue weighted by Gasteiger charge is -2.14. The van der Waals surface area contributed by atoms with Crippen LogP contribution in [0.15, 0.2) is 23.1 Å². The van der Waals surface area contributed by atoms with Crippen LogP contribution in [-0.4, -0.2) is 31.4 Å². The Labute approximate surface area is 116 Å². The number of benzene rings is 1. The van der Waals surface area contributed by atoms with Gasteiger partial charge in [0.15, 0.2) is 0 Å². The van der Waals surface area contributed by atoms with Crippen LogP contribution in [0, 0.1) is 0 Å². The summed E-state index contributed by atoms with van der Waals surface area (Å²) in [4.78, 5) is 12.8. The molecule has 0 saturated carbocycles. The first-order valence-corrected chi connectivity index (χ1v) is 6.92. The summed E-state index contributed by atoms with van der Waals surface area (Å²) in [7, 11) is 1.50. The number of ether oxygens (including phenoxy) is 1. The second kappa shape index (κ2) is 7.63. The molecule has 0 aliphatic carbocycles. The van der Waals surface area contributed by atoms with Crippen molar-refractivity contribution in [3.8, 4) is 0 Å². The maximum absolute atomic E-state index is 11.8. The minimum absolute atomic E-state index is 0.183. The molecule has 1 unspecified atom stereocenters. The average Bonchev–Trinajstić information content (AvgIpc) is 2.33. The number of hydrogen-bond acceptors (Lipinski definition) is 4. The normalized spacial score (nSPS) is 12.2. The van der Waals surface area contributed by atoms with Gasteiger partial charge in [0.1, 0.15) is 6.04 Å². The molecule has 1 amide bonds. The molecule has 0 fully saturated rings. The third-order valence-electron chi connectivity index (χ3n) is 2.18. The van der Waals surface area contributed by atoms with Crippen LogP contribution < -0.4 is 11.1 Å². The van der Waals surface area contributed by atoms with E-state index in [1.165, 1.54) is 7.11 Å². The van der Waals surface area contributed by atoms with E-state index in [1.807, 2.05) is 13.0 Å². The van der Waals surface area contributed by atoms with Gasteiger partial charge in [-0.25, -0.2) is 0 Å². The number of rotatable bonds is 6. The van der Waals surface area contributed by atoms with E-state index in [1.54, 1.807) is 23.9 Å². The first kappa shape index (κ1) is 15.3. The van der Waals surface area contributed by atoms with Crippen LogP contribution >= 0.6 is 23.4 Å².